The van der Waals surface area contributed by atoms with Gasteiger partial charge in [0.25, 0.3) is 0 Å². The van der Waals surface area contributed by atoms with Crippen LogP contribution in [0.1, 0.15) is 37.7 Å². The minimum Gasteiger partial charge on any atom is -0.354 e. The number of rotatable bonds is 4. The van der Waals surface area contributed by atoms with Crippen LogP contribution in [0.3, 0.4) is 0 Å². The van der Waals surface area contributed by atoms with Crippen LogP contribution in [0.2, 0.25) is 0 Å². The van der Waals surface area contributed by atoms with Gasteiger partial charge in [-0.2, -0.15) is 0 Å². The molecule has 24 heavy (non-hydrogen) atoms. The minimum atomic E-state index is -0.657. The lowest BCUT2D eigenvalue weighted by Gasteiger charge is -2.31. The Labute approximate surface area is 155 Å². The van der Waals surface area contributed by atoms with Crippen molar-refractivity contribution in [3.63, 3.8) is 0 Å². The van der Waals surface area contributed by atoms with Crippen LogP contribution in [0.4, 0.5) is 0 Å². The van der Waals surface area contributed by atoms with Crippen molar-refractivity contribution in [3.05, 3.63) is 42.1 Å². The highest BCUT2D eigenvalue weighted by atomic mass is 35.5. The monoisotopic (exact) mass is 369 g/mol. The number of nitrogens with two attached hydrogens (primary N) is 1. The summed E-state index contributed by atoms with van der Waals surface area (Å²) in [6, 6.07) is 10.2. The molecule has 0 aliphatic heterocycles. The molecule has 4 nitrogen and oxygen atoms in total. The maximum absolute atomic E-state index is 12.3. The van der Waals surface area contributed by atoms with E-state index in [0.717, 1.165) is 48.6 Å². The second-order valence-corrected chi connectivity index (χ2v) is 6.21. The summed E-state index contributed by atoms with van der Waals surface area (Å²) in [7, 11) is 0. The Morgan fingerprint density at radius 2 is 1.83 bits per heavy atom. The molecule has 1 aromatic carbocycles. The lowest BCUT2D eigenvalue weighted by Crippen LogP contribution is -2.55. The molecule has 1 fully saturated rings. The molecule has 0 radical (unpaired) electrons. The highest BCUT2D eigenvalue weighted by Gasteiger charge is 2.34. The molecule has 0 bridgehead atoms. The Hall–Kier alpha value is -1.36. The van der Waals surface area contributed by atoms with E-state index in [1.54, 1.807) is 6.20 Å². The Kier molecular flexibility index (Phi) is 7.94. The lowest BCUT2D eigenvalue weighted by molar-refractivity contribution is -0.127. The summed E-state index contributed by atoms with van der Waals surface area (Å²) in [5, 5.41) is 4.15. The lowest BCUT2D eigenvalue weighted by atomic mass is 9.82. The molecule has 1 aliphatic rings. The summed E-state index contributed by atoms with van der Waals surface area (Å²) < 4.78 is 0. The van der Waals surface area contributed by atoms with Crippen LogP contribution in [-0.4, -0.2) is 23.0 Å². The molecule has 1 heterocycles. The number of nitrogens with zero attached hydrogens (tertiary/aromatic N) is 1. The summed E-state index contributed by atoms with van der Waals surface area (Å²) in [6.07, 6.45) is 7.48. The van der Waals surface area contributed by atoms with E-state index in [4.69, 9.17) is 5.73 Å². The normalized spacial score (nSPS) is 15.9. The standard InChI is InChI=1S/C18H23N3O.2ClH/c19-18(10-2-1-3-11-18)17(22)21-13-9-15-7-4-6-14-8-5-12-20-16(14)15;;/h4-8,12H,1-3,9-11,13,19H2,(H,21,22);2*1H. The van der Waals surface area contributed by atoms with Gasteiger partial charge in [0.1, 0.15) is 0 Å². The Morgan fingerprint density at radius 3 is 2.58 bits per heavy atom. The van der Waals surface area contributed by atoms with Crippen molar-refractivity contribution in [2.24, 2.45) is 5.73 Å². The summed E-state index contributed by atoms with van der Waals surface area (Å²) in [5.41, 5.74) is 7.76. The third-order valence-electron chi connectivity index (χ3n) is 4.59. The zero-order valence-corrected chi connectivity index (χ0v) is 15.3. The van der Waals surface area contributed by atoms with Gasteiger partial charge in [-0.05, 0) is 30.9 Å². The second kappa shape index (κ2) is 9.21. The Bertz CT molecular complexity index is 667. The van der Waals surface area contributed by atoms with Crippen molar-refractivity contribution in [3.8, 4) is 0 Å². The van der Waals surface area contributed by atoms with Crippen LogP contribution < -0.4 is 11.1 Å². The first-order chi connectivity index (χ1) is 10.7. The molecule has 1 aromatic heterocycles. The van der Waals surface area contributed by atoms with Crippen LogP contribution in [0, 0.1) is 0 Å². The zero-order chi connectivity index (χ0) is 15.4. The molecule has 0 saturated heterocycles. The smallest absolute Gasteiger partial charge is 0.240 e. The summed E-state index contributed by atoms with van der Waals surface area (Å²) in [4.78, 5) is 16.8. The molecule has 6 heteroatoms. The van der Waals surface area contributed by atoms with Gasteiger partial charge >= 0.3 is 0 Å². The fraction of sp³-hybridized carbons (Fsp3) is 0.444. The molecule has 3 N–H and O–H groups in total. The number of amides is 1. The van der Waals surface area contributed by atoms with E-state index >= 15 is 0 Å². The maximum Gasteiger partial charge on any atom is 0.240 e. The van der Waals surface area contributed by atoms with Crippen LogP contribution in [0.5, 0.6) is 0 Å². The number of pyridine rings is 1. The fourth-order valence-electron chi connectivity index (χ4n) is 3.27. The first kappa shape index (κ1) is 20.7. The highest BCUT2D eigenvalue weighted by Crippen LogP contribution is 2.26. The van der Waals surface area contributed by atoms with E-state index in [9.17, 15) is 4.79 Å². The van der Waals surface area contributed by atoms with Crippen molar-refractivity contribution in [1.29, 1.82) is 0 Å². The second-order valence-electron chi connectivity index (χ2n) is 6.21. The Balaban J connectivity index is 0.00000144. The number of halogens is 2. The van der Waals surface area contributed by atoms with E-state index in [1.807, 2.05) is 12.1 Å². The van der Waals surface area contributed by atoms with Crippen LogP contribution in [0.25, 0.3) is 10.9 Å². The van der Waals surface area contributed by atoms with E-state index in [0.29, 0.717) is 6.54 Å². The number of carbonyl (C=O) groups excluding carboxylic acids is 1. The van der Waals surface area contributed by atoms with Gasteiger partial charge in [0, 0.05) is 18.1 Å². The average Bonchev–Trinajstić information content (AvgIpc) is 2.55. The molecule has 1 saturated carbocycles. The zero-order valence-electron chi connectivity index (χ0n) is 13.7. The molecule has 2 aromatic rings. The Morgan fingerprint density at radius 1 is 1.12 bits per heavy atom. The number of benzene rings is 1. The minimum absolute atomic E-state index is 0. The quantitative estimate of drug-likeness (QED) is 0.867. The van der Waals surface area contributed by atoms with Crippen LogP contribution in [-0.2, 0) is 11.2 Å². The largest absolute Gasteiger partial charge is 0.354 e. The van der Waals surface area contributed by atoms with Crippen molar-refractivity contribution in [2.75, 3.05) is 6.54 Å². The van der Waals surface area contributed by atoms with Crippen molar-refractivity contribution in [1.82, 2.24) is 10.3 Å². The third kappa shape index (κ3) is 4.59. The molecular formula is C18H25Cl2N3O. The van der Waals surface area contributed by atoms with Crippen molar-refractivity contribution < 1.29 is 4.79 Å². The van der Waals surface area contributed by atoms with Gasteiger partial charge in [-0.15, -0.1) is 24.8 Å². The fourth-order valence-corrected chi connectivity index (χ4v) is 3.27. The molecule has 0 spiro atoms. The summed E-state index contributed by atoms with van der Waals surface area (Å²) in [6.45, 7) is 0.605. The number of hydrogen-bond acceptors (Lipinski definition) is 3. The molecule has 3 rings (SSSR count). The van der Waals surface area contributed by atoms with Crippen molar-refractivity contribution in [2.45, 2.75) is 44.1 Å². The van der Waals surface area contributed by atoms with Crippen LogP contribution in [0.15, 0.2) is 36.5 Å². The average molecular weight is 370 g/mol. The first-order valence-corrected chi connectivity index (χ1v) is 8.09. The topological polar surface area (TPSA) is 68.0 Å². The number of nitrogens with one attached hydrogen (secondary N) is 1. The van der Waals surface area contributed by atoms with Gasteiger partial charge in [-0.3, -0.25) is 9.78 Å². The van der Waals surface area contributed by atoms with Gasteiger partial charge in [0.15, 0.2) is 0 Å². The molecular weight excluding hydrogens is 345 g/mol. The predicted molar refractivity (Wildman–Crippen MR) is 103 cm³/mol. The third-order valence-corrected chi connectivity index (χ3v) is 4.59. The number of hydrogen-bond donors (Lipinski definition) is 2. The molecule has 0 unspecified atom stereocenters. The van der Waals surface area contributed by atoms with Gasteiger partial charge in [0.2, 0.25) is 5.91 Å². The van der Waals surface area contributed by atoms with Gasteiger partial charge < -0.3 is 11.1 Å². The van der Waals surface area contributed by atoms with Gasteiger partial charge in [0.05, 0.1) is 11.1 Å². The predicted octanol–water partition coefficient (Wildman–Crippen LogP) is 3.40. The van der Waals surface area contributed by atoms with E-state index in [-0.39, 0.29) is 30.7 Å². The number of aromatic nitrogens is 1. The van der Waals surface area contributed by atoms with Gasteiger partial charge in [-0.1, -0.05) is 43.5 Å². The van der Waals surface area contributed by atoms with Crippen molar-refractivity contribution >= 4 is 41.6 Å². The number of fused-ring (bicyclic) bond motifs is 1. The number of carbonyl (C=O) groups is 1. The summed E-state index contributed by atoms with van der Waals surface area (Å²) in [5.74, 6) is 0.000367. The van der Waals surface area contributed by atoms with E-state index < -0.39 is 5.54 Å². The molecule has 0 atom stereocenters. The summed E-state index contributed by atoms with van der Waals surface area (Å²) >= 11 is 0. The molecule has 1 aliphatic carbocycles. The SMILES string of the molecule is Cl.Cl.NC1(C(=O)NCCc2cccc3cccnc23)CCCCC1. The van der Waals surface area contributed by atoms with Crippen LogP contribution >= 0.6 is 24.8 Å². The van der Waals surface area contributed by atoms with Gasteiger partial charge in [-0.25, -0.2) is 0 Å². The molecule has 1 amide bonds. The van der Waals surface area contributed by atoms with E-state index in [2.05, 4.69) is 28.5 Å². The maximum atomic E-state index is 12.3. The van der Waals surface area contributed by atoms with E-state index in [1.165, 1.54) is 6.42 Å². The highest BCUT2D eigenvalue weighted by molar-refractivity contribution is 5.86. The first-order valence-electron chi connectivity index (χ1n) is 8.09. The number of para-hydroxylation sites is 1. The molecule has 132 valence electrons.